The molecule has 2 N–H and O–H groups in total. The van der Waals surface area contributed by atoms with Crippen molar-refractivity contribution in [2.24, 2.45) is 0 Å². The number of anilines is 2. The lowest BCUT2D eigenvalue weighted by molar-refractivity contribution is -0.123. The van der Waals surface area contributed by atoms with Crippen molar-refractivity contribution in [3.8, 4) is 11.5 Å². The van der Waals surface area contributed by atoms with Crippen LogP contribution < -0.4 is 15.0 Å². The summed E-state index contributed by atoms with van der Waals surface area (Å²) in [7, 11) is 0. The maximum atomic E-state index is 12.8. The molecule has 7 heteroatoms. The predicted molar refractivity (Wildman–Crippen MR) is 113 cm³/mol. The first-order valence-electron chi connectivity index (χ1n) is 9.59. The van der Waals surface area contributed by atoms with E-state index in [0.717, 1.165) is 0 Å². The van der Waals surface area contributed by atoms with Gasteiger partial charge in [-0.1, -0.05) is 31.2 Å². The highest BCUT2D eigenvalue weighted by atomic mass is 16.5. The molecular weight excluding hydrogens is 384 g/mol. The van der Waals surface area contributed by atoms with Gasteiger partial charge < -0.3 is 15.2 Å². The van der Waals surface area contributed by atoms with E-state index in [1.165, 1.54) is 4.90 Å². The van der Waals surface area contributed by atoms with E-state index in [0.29, 0.717) is 39.9 Å². The number of ketones is 1. The Morgan fingerprint density at radius 3 is 2.67 bits per heavy atom. The van der Waals surface area contributed by atoms with Gasteiger partial charge in [-0.05, 0) is 30.3 Å². The lowest BCUT2D eigenvalue weighted by atomic mass is 10.1. The first kappa shape index (κ1) is 19.4. The van der Waals surface area contributed by atoms with Crippen molar-refractivity contribution >= 4 is 39.7 Å². The molecule has 2 amide bonds. The average molecular weight is 404 g/mol. The Hall–Kier alpha value is -3.87. The maximum Gasteiger partial charge on any atom is 0.265 e. The normalized spacial score (nSPS) is 13.0. The number of carbonyl (C=O) groups excluding carboxylic acids is 3. The van der Waals surface area contributed by atoms with E-state index < -0.39 is 5.91 Å². The van der Waals surface area contributed by atoms with E-state index in [9.17, 15) is 19.5 Å². The Morgan fingerprint density at radius 2 is 1.87 bits per heavy atom. The van der Waals surface area contributed by atoms with Crippen molar-refractivity contribution in [1.29, 1.82) is 0 Å². The van der Waals surface area contributed by atoms with Crippen molar-refractivity contribution in [2.45, 2.75) is 13.3 Å². The first-order chi connectivity index (χ1) is 14.5. The summed E-state index contributed by atoms with van der Waals surface area (Å²) in [6.45, 7) is 1.36. The monoisotopic (exact) mass is 404 g/mol. The number of phenols is 1. The number of rotatable bonds is 5. The molecule has 1 heterocycles. The third-order valence-electron chi connectivity index (χ3n) is 5.02. The summed E-state index contributed by atoms with van der Waals surface area (Å²) in [6.07, 6.45) is 0.335. The zero-order chi connectivity index (χ0) is 21.3. The van der Waals surface area contributed by atoms with Gasteiger partial charge in [-0.15, -0.1) is 0 Å². The number of hydrogen-bond acceptors (Lipinski definition) is 5. The van der Waals surface area contributed by atoms with Gasteiger partial charge in [0.2, 0.25) is 5.91 Å². The fourth-order valence-corrected chi connectivity index (χ4v) is 3.49. The minimum atomic E-state index is -0.403. The Labute approximate surface area is 172 Å². The zero-order valence-corrected chi connectivity index (χ0v) is 16.3. The molecule has 0 unspecified atom stereocenters. The highest BCUT2D eigenvalue weighted by Crippen LogP contribution is 2.34. The number of nitrogens with zero attached hydrogens (tertiary/aromatic N) is 1. The van der Waals surface area contributed by atoms with Gasteiger partial charge in [-0.2, -0.15) is 0 Å². The topological polar surface area (TPSA) is 95.9 Å². The minimum absolute atomic E-state index is 0.0595. The molecular formula is C23H20N2O5. The van der Waals surface area contributed by atoms with E-state index >= 15 is 0 Å². The van der Waals surface area contributed by atoms with Crippen LogP contribution in [0.2, 0.25) is 0 Å². The van der Waals surface area contributed by atoms with Crippen molar-refractivity contribution in [3.05, 3.63) is 60.2 Å². The molecule has 0 radical (unpaired) electrons. The van der Waals surface area contributed by atoms with Crippen molar-refractivity contribution in [2.75, 3.05) is 23.4 Å². The summed E-state index contributed by atoms with van der Waals surface area (Å²) in [5.41, 5.74) is 1.39. The second-order valence-electron chi connectivity index (χ2n) is 6.95. The SMILES string of the molecule is CCC(=O)c1ccc2c(c1)N(CC(=O)Nc1cccc3c(O)cccc13)C(=O)CO2. The van der Waals surface area contributed by atoms with Crippen LogP contribution in [0.5, 0.6) is 11.5 Å². The number of phenolic OH excluding ortho intramolecular Hbond substituents is 1. The molecule has 7 nitrogen and oxygen atoms in total. The number of aromatic hydroxyl groups is 1. The van der Waals surface area contributed by atoms with Crippen LogP contribution in [-0.4, -0.2) is 35.9 Å². The van der Waals surface area contributed by atoms with Crippen LogP contribution >= 0.6 is 0 Å². The van der Waals surface area contributed by atoms with Gasteiger partial charge in [-0.3, -0.25) is 19.3 Å². The fourth-order valence-electron chi connectivity index (χ4n) is 3.49. The molecule has 30 heavy (non-hydrogen) atoms. The van der Waals surface area contributed by atoms with Crippen LogP contribution in [0, 0.1) is 0 Å². The number of carbonyl (C=O) groups is 3. The number of Topliss-reactive ketones (excluding diaryl/α,β-unsaturated/α-hetero) is 1. The van der Waals surface area contributed by atoms with Crippen LogP contribution in [0.25, 0.3) is 10.8 Å². The van der Waals surface area contributed by atoms with Gasteiger partial charge in [0.15, 0.2) is 12.4 Å². The van der Waals surface area contributed by atoms with Crippen LogP contribution in [-0.2, 0) is 9.59 Å². The van der Waals surface area contributed by atoms with Gasteiger partial charge in [-0.25, -0.2) is 0 Å². The molecule has 0 fully saturated rings. The highest BCUT2D eigenvalue weighted by molar-refractivity contribution is 6.09. The average Bonchev–Trinajstić information content (AvgIpc) is 2.75. The Kier molecular flexibility index (Phi) is 5.10. The number of benzene rings is 3. The standard InChI is InChI=1S/C23H20N2O5/c1-2-19(26)14-9-10-21-18(11-14)25(23(29)13-30-21)12-22(28)24-17-7-3-6-16-15(17)5-4-8-20(16)27/h3-11,27H,2,12-13H2,1H3,(H,24,28). The minimum Gasteiger partial charge on any atom is -0.507 e. The summed E-state index contributed by atoms with van der Waals surface area (Å²) in [5.74, 6) is -0.261. The quantitative estimate of drug-likeness (QED) is 0.635. The number of ether oxygens (including phenoxy) is 1. The molecule has 0 bridgehead atoms. The molecule has 3 aromatic rings. The molecule has 0 atom stereocenters. The lowest BCUT2D eigenvalue weighted by Gasteiger charge is -2.29. The molecule has 0 saturated carbocycles. The molecule has 1 aliphatic heterocycles. The van der Waals surface area contributed by atoms with E-state index in [1.54, 1.807) is 61.5 Å². The van der Waals surface area contributed by atoms with Crippen LogP contribution in [0.1, 0.15) is 23.7 Å². The molecule has 1 aliphatic rings. The zero-order valence-electron chi connectivity index (χ0n) is 16.3. The first-order valence-corrected chi connectivity index (χ1v) is 9.59. The fraction of sp³-hybridized carbons (Fsp3) is 0.174. The number of nitrogens with one attached hydrogen (secondary N) is 1. The summed E-state index contributed by atoms with van der Waals surface area (Å²) >= 11 is 0. The largest absolute Gasteiger partial charge is 0.507 e. The number of amides is 2. The molecule has 0 spiro atoms. The Bertz CT molecular complexity index is 1170. The van der Waals surface area contributed by atoms with Gasteiger partial charge in [0.05, 0.1) is 5.69 Å². The van der Waals surface area contributed by atoms with E-state index in [1.807, 2.05) is 0 Å². The van der Waals surface area contributed by atoms with Crippen molar-refractivity contribution in [1.82, 2.24) is 0 Å². The lowest BCUT2D eigenvalue weighted by Crippen LogP contribution is -2.43. The second-order valence-corrected chi connectivity index (χ2v) is 6.95. The molecule has 4 rings (SSSR count). The summed E-state index contributed by atoms with van der Waals surface area (Å²) in [4.78, 5) is 38.6. The molecule has 3 aromatic carbocycles. The summed E-state index contributed by atoms with van der Waals surface area (Å²) < 4.78 is 5.44. The van der Waals surface area contributed by atoms with Crippen LogP contribution in [0.3, 0.4) is 0 Å². The summed E-state index contributed by atoms with van der Waals surface area (Å²) in [5, 5.41) is 14.1. The van der Waals surface area contributed by atoms with Crippen LogP contribution in [0.4, 0.5) is 11.4 Å². The Morgan fingerprint density at radius 1 is 1.10 bits per heavy atom. The van der Waals surface area contributed by atoms with Gasteiger partial charge in [0, 0.05) is 28.4 Å². The van der Waals surface area contributed by atoms with Crippen molar-refractivity contribution < 1.29 is 24.2 Å². The predicted octanol–water partition coefficient (Wildman–Crippen LogP) is 3.50. The molecule has 152 valence electrons. The maximum absolute atomic E-state index is 12.8. The molecule has 0 aromatic heterocycles. The number of hydrogen-bond donors (Lipinski definition) is 2. The van der Waals surface area contributed by atoms with E-state index in [2.05, 4.69) is 5.32 Å². The van der Waals surface area contributed by atoms with Gasteiger partial charge in [0.25, 0.3) is 5.91 Å². The highest BCUT2D eigenvalue weighted by Gasteiger charge is 2.28. The third kappa shape index (κ3) is 3.57. The van der Waals surface area contributed by atoms with E-state index in [4.69, 9.17) is 4.74 Å². The second kappa shape index (κ2) is 7.87. The molecule has 0 aliphatic carbocycles. The Balaban J connectivity index is 1.61. The van der Waals surface area contributed by atoms with Gasteiger partial charge >= 0.3 is 0 Å². The van der Waals surface area contributed by atoms with Crippen LogP contribution in [0.15, 0.2) is 54.6 Å². The molecule has 0 saturated heterocycles. The third-order valence-corrected chi connectivity index (χ3v) is 5.02. The van der Waals surface area contributed by atoms with Crippen molar-refractivity contribution in [3.63, 3.8) is 0 Å². The smallest absolute Gasteiger partial charge is 0.265 e. The number of fused-ring (bicyclic) bond motifs is 2. The van der Waals surface area contributed by atoms with Gasteiger partial charge in [0.1, 0.15) is 18.0 Å². The van der Waals surface area contributed by atoms with E-state index in [-0.39, 0.29) is 30.6 Å². The summed E-state index contributed by atoms with van der Waals surface area (Å²) in [6, 6.07) is 15.2.